The number of halogens is 2. The molecular weight excluding hydrogens is 396 g/mol. The number of hydrogen-bond acceptors (Lipinski definition) is 5. The SMILES string of the molecule is CCCNCCNS(=O)(=O)c1ccc(C(=O)OC)cc1Br.Cl. The number of nitrogens with one attached hydrogen (secondary N) is 2. The van der Waals surface area contributed by atoms with Crippen LogP contribution in [0.3, 0.4) is 0 Å². The van der Waals surface area contributed by atoms with Gasteiger partial charge in [0, 0.05) is 17.6 Å². The van der Waals surface area contributed by atoms with Gasteiger partial charge < -0.3 is 10.1 Å². The minimum Gasteiger partial charge on any atom is -0.465 e. The van der Waals surface area contributed by atoms with Crippen molar-refractivity contribution in [3.05, 3.63) is 28.2 Å². The third-order valence-electron chi connectivity index (χ3n) is 2.66. The van der Waals surface area contributed by atoms with Crippen LogP contribution in [-0.4, -0.2) is 41.1 Å². The monoisotopic (exact) mass is 414 g/mol. The lowest BCUT2D eigenvalue weighted by Gasteiger charge is -2.10. The fraction of sp³-hybridized carbons (Fsp3) is 0.462. The van der Waals surface area contributed by atoms with Crippen molar-refractivity contribution >= 4 is 44.3 Å². The Bertz CT molecular complexity index is 596. The molecule has 0 saturated heterocycles. The predicted octanol–water partition coefficient (Wildman–Crippen LogP) is 1.94. The first-order chi connectivity index (χ1) is 9.92. The summed E-state index contributed by atoms with van der Waals surface area (Å²) in [5, 5.41) is 3.11. The van der Waals surface area contributed by atoms with Crippen molar-refractivity contribution in [3.63, 3.8) is 0 Å². The van der Waals surface area contributed by atoms with E-state index in [0.29, 0.717) is 17.6 Å². The van der Waals surface area contributed by atoms with Gasteiger partial charge in [0.1, 0.15) is 0 Å². The molecule has 1 rings (SSSR count). The van der Waals surface area contributed by atoms with Crippen LogP contribution < -0.4 is 10.0 Å². The van der Waals surface area contributed by atoms with Gasteiger partial charge >= 0.3 is 5.97 Å². The first kappa shape index (κ1) is 21.3. The smallest absolute Gasteiger partial charge is 0.337 e. The molecule has 0 saturated carbocycles. The summed E-state index contributed by atoms with van der Waals surface area (Å²) in [5.74, 6) is -0.517. The topological polar surface area (TPSA) is 84.5 Å². The number of esters is 1. The number of carbonyl (C=O) groups excluding carboxylic acids is 1. The lowest BCUT2D eigenvalue weighted by Crippen LogP contribution is -2.32. The molecule has 0 amide bonds. The minimum atomic E-state index is -3.62. The molecule has 1 aromatic rings. The summed E-state index contributed by atoms with van der Waals surface area (Å²) in [6, 6.07) is 4.22. The predicted molar refractivity (Wildman–Crippen MR) is 91.1 cm³/mol. The lowest BCUT2D eigenvalue weighted by molar-refractivity contribution is 0.0600. The summed E-state index contributed by atoms with van der Waals surface area (Å²) in [4.78, 5) is 11.5. The van der Waals surface area contributed by atoms with Crippen LogP contribution in [0.4, 0.5) is 0 Å². The molecule has 9 heteroatoms. The third-order valence-corrected chi connectivity index (χ3v) is 5.10. The van der Waals surface area contributed by atoms with E-state index in [0.717, 1.165) is 13.0 Å². The zero-order valence-corrected chi connectivity index (χ0v) is 15.6. The molecule has 0 heterocycles. The molecule has 0 aromatic heterocycles. The summed E-state index contributed by atoms with van der Waals surface area (Å²) in [6.07, 6.45) is 0.993. The van der Waals surface area contributed by atoms with Gasteiger partial charge in [-0.1, -0.05) is 6.92 Å². The Hall–Kier alpha value is -0.670. The molecule has 0 atom stereocenters. The highest BCUT2D eigenvalue weighted by atomic mass is 79.9. The lowest BCUT2D eigenvalue weighted by atomic mass is 10.2. The van der Waals surface area contributed by atoms with E-state index in [2.05, 4.69) is 30.7 Å². The van der Waals surface area contributed by atoms with Crippen LogP contribution in [0.5, 0.6) is 0 Å². The molecule has 126 valence electrons. The number of benzene rings is 1. The highest BCUT2D eigenvalue weighted by Gasteiger charge is 2.18. The van der Waals surface area contributed by atoms with Gasteiger partial charge in [0.15, 0.2) is 0 Å². The van der Waals surface area contributed by atoms with E-state index in [9.17, 15) is 13.2 Å². The second-order valence-electron chi connectivity index (χ2n) is 4.28. The van der Waals surface area contributed by atoms with Gasteiger partial charge in [-0.05, 0) is 47.1 Å². The van der Waals surface area contributed by atoms with Crippen molar-refractivity contribution < 1.29 is 17.9 Å². The molecule has 0 aliphatic rings. The standard InChI is InChI=1S/C13H19BrN2O4S.ClH/c1-3-6-15-7-8-16-21(18,19)12-5-4-10(9-11(12)14)13(17)20-2;/h4-5,9,15-16H,3,6-8H2,1-2H3;1H. The number of sulfonamides is 1. The second-order valence-corrected chi connectivity index (χ2v) is 6.87. The van der Waals surface area contributed by atoms with Crippen LogP contribution >= 0.6 is 28.3 Å². The molecule has 1 aromatic carbocycles. The van der Waals surface area contributed by atoms with Crippen molar-refractivity contribution in [2.75, 3.05) is 26.7 Å². The Morgan fingerprint density at radius 2 is 1.95 bits per heavy atom. The zero-order chi connectivity index (χ0) is 15.9. The normalized spacial score (nSPS) is 10.9. The minimum absolute atomic E-state index is 0. The maximum Gasteiger partial charge on any atom is 0.337 e. The van der Waals surface area contributed by atoms with Crippen molar-refractivity contribution in [2.45, 2.75) is 18.2 Å². The molecule has 6 nitrogen and oxygen atoms in total. The number of carbonyl (C=O) groups is 1. The van der Waals surface area contributed by atoms with Gasteiger partial charge in [0.2, 0.25) is 10.0 Å². The maximum atomic E-state index is 12.2. The van der Waals surface area contributed by atoms with E-state index in [1.54, 1.807) is 0 Å². The molecule has 0 unspecified atom stereocenters. The van der Waals surface area contributed by atoms with Crippen LogP contribution in [0.1, 0.15) is 23.7 Å². The third kappa shape index (κ3) is 6.21. The van der Waals surface area contributed by atoms with Crippen LogP contribution in [0.15, 0.2) is 27.6 Å². The van der Waals surface area contributed by atoms with Gasteiger partial charge in [-0.3, -0.25) is 0 Å². The number of methoxy groups -OCH3 is 1. The first-order valence-electron chi connectivity index (χ1n) is 6.50. The molecule has 0 aliphatic heterocycles. The van der Waals surface area contributed by atoms with Gasteiger partial charge in [0.25, 0.3) is 0 Å². The van der Waals surface area contributed by atoms with Crippen molar-refractivity contribution in [1.29, 1.82) is 0 Å². The van der Waals surface area contributed by atoms with Crippen LogP contribution in [0.2, 0.25) is 0 Å². The van der Waals surface area contributed by atoms with E-state index in [-0.39, 0.29) is 22.9 Å². The fourth-order valence-corrected chi connectivity index (χ4v) is 3.72. The van der Waals surface area contributed by atoms with E-state index in [1.165, 1.54) is 25.3 Å². The molecule has 2 N–H and O–H groups in total. The fourth-order valence-electron chi connectivity index (χ4n) is 1.62. The molecular formula is C13H20BrClN2O4S. The highest BCUT2D eigenvalue weighted by molar-refractivity contribution is 9.10. The average molecular weight is 416 g/mol. The Morgan fingerprint density at radius 1 is 1.27 bits per heavy atom. The zero-order valence-electron chi connectivity index (χ0n) is 12.4. The Labute approximate surface area is 145 Å². The summed E-state index contributed by atoms with van der Waals surface area (Å²) < 4.78 is 31.7. The molecule has 0 aliphatic carbocycles. The summed E-state index contributed by atoms with van der Waals surface area (Å²) in [6.45, 7) is 3.74. The highest BCUT2D eigenvalue weighted by Crippen LogP contribution is 2.23. The quantitative estimate of drug-likeness (QED) is 0.501. The Balaban J connectivity index is 0.00000441. The van der Waals surface area contributed by atoms with Crippen molar-refractivity contribution in [1.82, 2.24) is 10.0 Å². The summed E-state index contributed by atoms with van der Waals surface area (Å²) in [7, 11) is -2.35. The second kappa shape index (κ2) is 10.2. The molecule has 0 fully saturated rings. The number of rotatable bonds is 8. The van der Waals surface area contributed by atoms with Crippen LogP contribution in [0, 0.1) is 0 Å². The van der Waals surface area contributed by atoms with Gasteiger partial charge in [-0.15, -0.1) is 12.4 Å². The molecule has 0 bridgehead atoms. The maximum absolute atomic E-state index is 12.2. The largest absolute Gasteiger partial charge is 0.465 e. The average Bonchev–Trinajstić information content (AvgIpc) is 2.45. The van der Waals surface area contributed by atoms with Gasteiger partial charge in [-0.25, -0.2) is 17.9 Å². The Kier molecular flexibility index (Phi) is 9.86. The van der Waals surface area contributed by atoms with E-state index in [4.69, 9.17) is 0 Å². The van der Waals surface area contributed by atoms with Crippen molar-refractivity contribution in [3.8, 4) is 0 Å². The molecule has 22 heavy (non-hydrogen) atoms. The van der Waals surface area contributed by atoms with E-state index >= 15 is 0 Å². The van der Waals surface area contributed by atoms with E-state index in [1.807, 2.05) is 6.92 Å². The van der Waals surface area contributed by atoms with Crippen molar-refractivity contribution in [2.24, 2.45) is 0 Å². The summed E-state index contributed by atoms with van der Waals surface area (Å²) in [5.41, 5.74) is 0.285. The molecule has 0 spiro atoms. The molecule has 0 radical (unpaired) electrons. The first-order valence-corrected chi connectivity index (χ1v) is 8.78. The Morgan fingerprint density at radius 3 is 2.50 bits per heavy atom. The number of ether oxygens (including phenoxy) is 1. The summed E-state index contributed by atoms with van der Waals surface area (Å²) >= 11 is 3.17. The number of hydrogen-bond donors (Lipinski definition) is 2. The van der Waals surface area contributed by atoms with Gasteiger partial charge in [0.05, 0.1) is 17.6 Å². The van der Waals surface area contributed by atoms with E-state index < -0.39 is 16.0 Å². The van der Waals surface area contributed by atoms with Gasteiger partial charge in [-0.2, -0.15) is 0 Å². The van der Waals surface area contributed by atoms with Crippen LogP contribution in [-0.2, 0) is 14.8 Å². The van der Waals surface area contributed by atoms with Crippen LogP contribution in [0.25, 0.3) is 0 Å².